The maximum absolute atomic E-state index is 13.1. The number of hydrogen-bond acceptors (Lipinski definition) is 7. The Balaban J connectivity index is 1.29. The van der Waals surface area contributed by atoms with Crippen LogP contribution in [0.2, 0.25) is 0 Å². The molecule has 9 nitrogen and oxygen atoms in total. The van der Waals surface area contributed by atoms with Crippen molar-refractivity contribution in [3.05, 3.63) is 66.5 Å². The summed E-state index contributed by atoms with van der Waals surface area (Å²) in [6, 6.07) is 14.0. The second kappa shape index (κ2) is 7.84. The SMILES string of the molecule is O=C(c1ccc(-n2cccn2)cc1)N1CCN(S(=O)(=O)c2cccc3nsnc23)CC1. The van der Waals surface area contributed by atoms with Crippen LogP contribution in [-0.2, 0) is 10.0 Å². The Labute approximate surface area is 182 Å². The van der Waals surface area contributed by atoms with E-state index in [1.165, 1.54) is 4.31 Å². The molecular weight excluding hydrogens is 436 g/mol. The number of carbonyl (C=O) groups is 1. The van der Waals surface area contributed by atoms with Gasteiger partial charge in [0.25, 0.3) is 5.91 Å². The molecule has 0 N–H and O–H groups in total. The number of hydrogen-bond donors (Lipinski definition) is 0. The third-order valence-corrected chi connectivity index (χ3v) is 7.75. The Hall–Kier alpha value is -3.15. The number of piperazine rings is 1. The molecule has 1 saturated heterocycles. The molecule has 5 rings (SSSR count). The summed E-state index contributed by atoms with van der Waals surface area (Å²) in [5.74, 6) is -0.116. The van der Waals surface area contributed by atoms with Crippen molar-refractivity contribution in [1.82, 2.24) is 27.7 Å². The number of amides is 1. The normalized spacial score (nSPS) is 15.4. The molecule has 31 heavy (non-hydrogen) atoms. The highest BCUT2D eigenvalue weighted by atomic mass is 32.2. The van der Waals surface area contributed by atoms with Gasteiger partial charge in [0.2, 0.25) is 10.0 Å². The Morgan fingerprint density at radius 3 is 2.42 bits per heavy atom. The standard InChI is InChI=1S/C20H18N6O3S2/c27-20(15-5-7-16(8-6-15)26-10-2-9-21-26)24-11-13-25(14-12-24)31(28,29)18-4-1-3-17-19(18)23-30-22-17/h1-10H,11-14H2. The van der Waals surface area contributed by atoms with Crippen LogP contribution in [0, 0.1) is 0 Å². The zero-order valence-corrected chi connectivity index (χ0v) is 18.0. The van der Waals surface area contributed by atoms with Crippen LogP contribution >= 0.6 is 11.7 Å². The molecule has 1 aliphatic rings. The molecule has 0 radical (unpaired) electrons. The van der Waals surface area contributed by atoms with Gasteiger partial charge in [0, 0.05) is 44.1 Å². The van der Waals surface area contributed by atoms with E-state index in [9.17, 15) is 13.2 Å². The van der Waals surface area contributed by atoms with Gasteiger partial charge in [0.05, 0.1) is 17.4 Å². The highest BCUT2D eigenvalue weighted by Crippen LogP contribution is 2.25. The lowest BCUT2D eigenvalue weighted by Gasteiger charge is -2.34. The maximum atomic E-state index is 13.1. The zero-order valence-electron chi connectivity index (χ0n) is 16.3. The molecule has 4 aromatic rings. The van der Waals surface area contributed by atoms with Gasteiger partial charge in [-0.1, -0.05) is 6.07 Å². The van der Waals surface area contributed by atoms with Gasteiger partial charge < -0.3 is 4.90 Å². The van der Waals surface area contributed by atoms with Gasteiger partial charge in [-0.25, -0.2) is 13.1 Å². The van der Waals surface area contributed by atoms with Crippen LogP contribution in [0.4, 0.5) is 0 Å². The first-order chi connectivity index (χ1) is 15.0. The molecule has 0 bridgehead atoms. The minimum absolute atomic E-state index is 0.116. The van der Waals surface area contributed by atoms with Crippen LogP contribution in [0.3, 0.4) is 0 Å². The predicted octanol–water partition coefficient (Wildman–Crippen LogP) is 2.02. The fraction of sp³-hybridized carbons (Fsp3) is 0.200. The van der Waals surface area contributed by atoms with E-state index in [-0.39, 0.29) is 23.9 Å². The molecule has 158 valence electrons. The summed E-state index contributed by atoms with van der Waals surface area (Å²) >= 11 is 0.990. The predicted molar refractivity (Wildman–Crippen MR) is 116 cm³/mol. The van der Waals surface area contributed by atoms with Crippen LogP contribution in [0.15, 0.2) is 65.8 Å². The number of aromatic nitrogens is 4. The van der Waals surface area contributed by atoms with E-state index in [0.717, 1.165) is 17.4 Å². The molecule has 3 heterocycles. The second-order valence-corrected chi connectivity index (χ2v) is 9.52. The van der Waals surface area contributed by atoms with Gasteiger partial charge in [-0.3, -0.25) is 4.79 Å². The van der Waals surface area contributed by atoms with Gasteiger partial charge in [-0.2, -0.15) is 18.2 Å². The number of rotatable bonds is 4. The van der Waals surface area contributed by atoms with E-state index in [2.05, 4.69) is 13.8 Å². The van der Waals surface area contributed by atoms with Gasteiger partial charge in [0.15, 0.2) is 0 Å². The maximum Gasteiger partial charge on any atom is 0.253 e. The zero-order chi connectivity index (χ0) is 21.4. The Kier molecular flexibility index (Phi) is 5.00. The Morgan fingerprint density at radius 2 is 1.71 bits per heavy atom. The molecule has 2 aromatic carbocycles. The summed E-state index contributed by atoms with van der Waals surface area (Å²) in [5.41, 5.74) is 2.38. The highest BCUT2D eigenvalue weighted by molar-refractivity contribution is 7.89. The average Bonchev–Trinajstić information content (AvgIpc) is 3.51. The van der Waals surface area contributed by atoms with Crippen LogP contribution in [0.25, 0.3) is 16.7 Å². The second-order valence-electron chi connectivity index (χ2n) is 7.08. The van der Waals surface area contributed by atoms with E-state index in [1.807, 2.05) is 24.4 Å². The lowest BCUT2D eigenvalue weighted by Crippen LogP contribution is -2.50. The number of carbonyl (C=O) groups excluding carboxylic acids is 1. The molecular formula is C20H18N6O3S2. The summed E-state index contributed by atoms with van der Waals surface area (Å²) in [4.78, 5) is 14.7. The van der Waals surface area contributed by atoms with Gasteiger partial charge in [-0.15, -0.1) is 0 Å². The van der Waals surface area contributed by atoms with E-state index in [4.69, 9.17) is 0 Å². The quantitative estimate of drug-likeness (QED) is 0.468. The number of benzene rings is 2. The molecule has 2 aromatic heterocycles. The van der Waals surface area contributed by atoms with E-state index in [1.54, 1.807) is 46.1 Å². The molecule has 0 unspecified atom stereocenters. The van der Waals surface area contributed by atoms with Crippen LogP contribution < -0.4 is 0 Å². The average molecular weight is 455 g/mol. The van der Waals surface area contributed by atoms with Crippen molar-refractivity contribution in [3.8, 4) is 5.69 Å². The van der Waals surface area contributed by atoms with Gasteiger partial charge in [-0.05, 0) is 42.5 Å². The largest absolute Gasteiger partial charge is 0.336 e. The summed E-state index contributed by atoms with van der Waals surface area (Å²) < 4.78 is 37.7. The van der Waals surface area contributed by atoms with Gasteiger partial charge in [0.1, 0.15) is 15.9 Å². The van der Waals surface area contributed by atoms with E-state index in [0.29, 0.717) is 29.7 Å². The van der Waals surface area contributed by atoms with E-state index >= 15 is 0 Å². The highest BCUT2D eigenvalue weighted by Gasteiger charge is 2.32. The van der Waals surface area contributed by atoms with Crippen molar-refractivity contribution in [1.29, 1.82) is 0 Å². The fourth-order valence-electron chi connectivity index (χ4n) is 3.62. The lowest BCUT2D eigenvalue weighted by atomic mass is 10.1. The molecule has 0 saturated carbocycles. The molecule has 0 spiro atoms. The Morgan fingerprint density at radius 1 is 0.935 bits per heavy atom. The van der Waals surface area contributed by atoms with Crippen molar-refractivity contribution in [3.63, 3.8) is 0 Å². The third kappa shape index (κ3) is 3.60. The molecule has 1 fully saturated rings. The number of sulfonamides is 1. The van der Waals surface area contributed by atoms with Crippen molar-refractivity contribution >= 4 is 38.7 Å². The Bertz CT molecular complexity index is 1330. The summed E-state index contributed by atoms with van der Waals surface area (Å²) in [7, 11) is -3.71. The smallest absolute Gasteiger partial charge is 0.253 e. The minimum Gasteiger partial charge on any atom is -0.336 e. The summed E-state index contributed by atoms with van der Waals surface area (Å²) in [6.45, 7) is 1.11. The first-order valence-electron chi connectivity index (χ1n) is 9.65. The van der Waals surface area contributed by atoms with Crippen molar-refractivity contribution in [2.75, 3.05) is 26.2 Å². The van der Waals surface area contributed by atoms with Crippen molar-refractivity contribution < 1.29 is 13.2 Å². The molecule has 0 atom stereocenters. The molecule has 11 heteroatoms. The molecule has 1 aliphatic heterocycles. The monoisotopic (exact) mass is 454 g/mol. The minimum atomic E-state index is -3.71. The number of fused-ring (bicyclic) bond motifs is 1. The first-order valence-corrected chi connectivity index (χ1v) is 11.8. The van der Waals surface area contributed by atoms with Crippen LogP contribution in [0.5, 0.6) is 0 Å². The third-order valence-electron chi connectivity index (χ3n) is 5.28. The lowest BCUT2D eigenvalue weighted by molar-refractivity contribution is 0.0698. The van der Waals surface area contributed by atoms with E-state index < -0.39 is 10.0 Å². The fourth-order valence-corrected chi connectivity index (χ4v) is 5.80. The molecule has 1 amide bonds. The summed E-state index contributed by atoms with van der Waals surface area (Å²) in [6.07, 6.45) is 3.52. The van der Waals surface area contributed by atoms with Crippen molar-refractivity contribution in [2.24, 2.45) is 0 Å². The summed E-state index contributed by atoms with van der Waals surface area (Å²) in [5, 5.41) is 4.17. The van der Waals surface area contributed by atoms with Crippen LogP contribution in [-0.4, -0.2) is 68.2 Å². The van der Waals surface area contributed by atoms with Gasteiger partial charge >= 0.3 is 0 Å². The topological polar surface area (TPSA) is 101 Å². The first kappa shape index (κ1) is 19.8. The van der Waals surface area contributed by atoms with Crippen molar-refractivity contribution in [2.45, 2.75) is 4.90 Å². The number of nitrogens with zero attached hydrogens (tertiary/aromatic N) is 6. The molecule has 0 aliphatic carbocycles. The van der Waals surface area contributed by atoms with Crippen LogP contribution in [0.1, 0.15) is 10.4 Å².